The van der Waals surface area contributed by atoms with Crippen LogP contribution in [-0.2, 0) is 11.3 Å². The van der Waals surface area contributed by atoms with Crippen LogP contribution in [0, 0.1) is 6.92 Å². The Kier molecular flexibility index (Phi) is 5.66. The zero-order valence-electron chi connectivity index (χ0n) is 15.5. The largest absolute Gasteiger partial charge is 0.497 e. The third-order valence-corrected chi connectivity index (χ3v) is 4.03. The molecule has 6 heteroatoms. The molecule has 0 N–H and O–H groups in total. The Morgan fingerprint density at radius 1 is 1.22 bits per heavy atom. The maximum absolute atomic E-state index is 12.3. The lowest BCUT2D eigenvalue weighted by molar-refractivity contribution is -0.125. The summed E-state index contributed by atoms with van der Waals surface area (Å²) >= 11 is 0. The van der Waals surface area contributed by atoms with E-state index in [-0.39, 0.29) is 12.5 Å². The van der Waals surface area contributed by atoms with Gasteiger partial charge in [-0.25, -0.2) is 0 Å². The van der Waals surface area contributed by atoms with E-state index in [0.29, 0.717) is 11.7 Å². The molecule has 0 radical (unpaired) electrons. The highest BCUT2D eigenvalue weighted by Gasteiger charge is 2.13. The number of carbonyl (C=O) groups is 1. The molecule has 138 valence electrons. The van der Waals surface area contributed by atoms with Crippen molar-refractivity contribution in [1.29, 1.82) is 0 Å². The van der Waals surface area contributed by atoms with Gasteiger partial charge in [0, 0.05) is 18.7 Å². The van der Waals surface area contributed by atoms with E-state index >= 15 is 0 Å². The Hall–Kier alpha value is -3.41. The van der Waals surface area contributed by atoms with Gasteiger partial charge in [0.2, 0.25) is 17.6 Å². The second-order valence-corrected chi connectivity index (χ2v) is 6.18. The van der Waals surface area contributed by atoms with Crippen molar-refractivity contribution in [2.45, 2.75) is 13.5 Å². The van der Waals surface area contributed by atoms with E-state index in [9.17, 15) is 4.79 Å². The molecule has 1 heterocycles. The van der Waals surface area contributed by atoms with Crippen molar-refractivity contribution in [3.05, 3.63) is 71.6 Å². The Morgan fingerprint density at radius 3 is 2.70 bits per heavy atom. The van der Waals surface area contributed by atoms with Crippen molar-refractivity contribution < 1.29 is 14.1 Å². The molecule has 6 nitrogen and oxygen atoms in total. The Balaban J connectivity index is 1.61. The molecule has 2 aromatic carbocycles. The average molecular weight is 363 g/mol. The molecule has 0 saturated heterocycles. The number of hydrogen-bond donors (Lipinski definition) is 0. The Labute approximate surface area is 158 Å². The molecule has 0 bridgehead atoms. The van der Waals surface area contributed by atoms with Crippen molar-refractivity contribution >= 4 is 12.0 Å². The highest BCUT2D eigenvalue weighted by atomic mass is 16.5. The SMILES string of the molecule is COc1ccc(C=CC(=O)N(C)Cc2nc(-c3cccc(C)c3)no2)cc1. The van der Waals surface area contributed by atoms with Crippen molar-refractivity contribution in [1.82, 2.24) is 15.0 Å². The van der Waals surface area contributed by atoms with Crippen LogP contribution < -0.4 is 4.74 Å². The molecule has 3 rings (SSSR count). The molecular weight excluding hydrogens is 342 g/mol. The topological polar surface area (TPSA) is 68.5 Å². The van der Waals surface area contributed by atoms with Crippen molar-refractivity contribution in [2.75, 3.05) is 14.2 Å². The molecule has 3 aromatic rings. The fraction of sp³-hybridized carbons (Fsp3) is 0.190. The summed E-state index contributed by atoms with van der Waals surface area (Å²) in [4.78, 5) is 18.2. The van der Waals surface area contributed by atoms with E-state index in [1.165, 1.54) is 11.0 Å². The van der Waals surface area contributed by atoms with Gasteiger partial charge in [-0.05, 0) is 36.8 Å². The first-order valence-corrected chi connectivity index (χ1v) is 8.52. The van der Waals surface area contributed by atoms with Crippen LogP contribution in [0.2, 0.25) is 0 Å². The van der Waals surface area contributed by atoms with E-state index in [2.05, 4.69) is 10.1 Å². The third kappa shape index (κ3) is 4.82. The minimum Gasteiger partial charge on any atom is -0.497 e. The number of likely N-dealkylation sites (N-methyl/N-ethyl adjacent to an activating group) is 1. The Morgan fingerprint density at radius 2 is 2.00 bits per heavy atom. The van der Waals surface area contributed by atoms with Crippen LogP contribution in [-0.4, -0.2) is 35.1 Å². The van der Waals surface area contributed by atoms with E-state index in [0.717, 1.165) is 22.4 Å². The van der Waals surface area contributed by atoms with Gasteiger partial charge in [-0.15, -0.1) is 0 Å². The molecule has 0 aliphatic rings. The van der Waals surface area contributed by atoms with Gasteiger partial charge >= 0.3 is 0 Å². The normalized spacial score (nSPS) is 10.9. The number of rotatable bonds is 6. The van der Waals surface area contributed by atoms with Gasteiger partial charge in [0.25, 0.3) is 0 Å². The number of aryl methyl sites for hydroxylation is 1. The van der Waals surface area contributed by atoms with Crippen LogP contribution >= 0.6 is 0 Å². The van der Waals surface area contributed by atoms with Crippen LogP contribution in [0.1, 0.15) is 17.0 Å². The lowest BCUT2D eigenvalue weighted by Gasteiger charge is -2.11. The summed E-state index contributed by atoms with van der Waals surface area (Å²) in [5.41, 5.74) is 2.92. The first-order valence-electron chi connectivity index (χ1n) is 8.52. The number of nitrogens with zero attached hydrogens (tertiary/aromatic N) is 3. The highest BCUT2D eigenvalue weighted by molar-refractivity contribution is 5.91. The summed E-state index contributed by atoms with van der Waals surface area (Å²) in [7, 11) is 3.31. The lowest BCUT2D eigenvalue weighted by atomic mass is 10.1. The van der Waals surface area contributed by atoms with E-state index in [1.54, 1.807) is 20.2 Å². The molecule has 0 aliphatic heterocycles. The van der Waals surface area contributed by atoms with E-state index in [1.807, 2.05) is 55.5 Å². The number of aromatic nitrogens is 2. The molecule has 1 amide bonds. The van der Waals surface area contributed by atoms with Crippen molar-refractivity contribution in [2.24, 2.45) is 0 Å². The van der Waals surface area contributed by atoms with Gasteiger partial charge in [0.05, 0.1) is 13.7 Å². The van der Waals surface area contributed by atoms with Crippen LogP contribution in [0.5, 0.6) is 5.75 Å². The summed E-state index contributed by atoms with van der Waals surface area (Å²) in [5.74, 6) is 1.53. The van der Waals surface area contributed by atoms with Gasteiger partial charge in [0.1, 0.15) is 5.75 Å². The second kappa shape index (κ2) is 8.31. The number of methoxy groups -OCH3 is 1. The number of benzene rings is 2. The average Bonchev–Trinajstić information content (AvgIpc) is 3.15. The summed E-state index contributed by atoms with van der Waals surface area (Å²) in [6.07, 6.45) is 3.27. The standard InChI is InChI=1S/C21H21N3O3/c1-15-5-4-6-17(13-15)21-22-19(27-23-21)14-24(2)20(25)12-9-16-7-10-18(26-3)11-8-16/h4-13H,14H2,1-3H3. The number of hydrogen-bond acceptors (Lipinski definition) is 5. The number of amides is 1. The van der Waals surface area contributed by atoms with Crippen LogP contribution in [0.15, 0.2) is 59.1 Å². The minimum absolute atomic E-state index is 0.152. The number of ether oxygens (including phenoxy) is 1. The van der Waals surface area contributed by atoms with Gasteiger partial charge in [-0.3, -0.25) is 4.79 Å². The van der Waals surface area contributed by atoms with Crippen LogP contribution in [0.3, 0.4) is 0 Å². The lowest BCUT2D eigenvalue weighted by Crippen LogP contribution is -2.24. The van der Waals surface area contributed by atoms with Crippen molar-refractivity contribution in [3.8, 4) is 17.1 Å². The molecule has 27 heavy (non-hydrogen) atoms. The monoisotopic (exact) mass is 363 g/mol. The molecule has 1 aromatic heterocycles. The number of carbonyl (C=O) groups excluding carboxylic acids is 1. The predicted octanol–water partition coefficient (Wildman–Crippen LogP) is 3.73. The fourth-order valence-corrected chi connectivity index (χ4v) is 2.51. The minimum atomic E-state index is -0.152. The quantitative estimate of drug-likeness (QED) is 0.624. The first kappa shape index (κ1) is 18.4. The van der Waals surface area contributed by atoms with Gasteiger partial charge in [-0.1, -0.05) is 41.1 Å². The molecule has 0 saturated carbocycles. The molecule has 0 unspecified atom stereocenters. The zero-order valence-corrected chi connectivity index (χ0v) is 15.5. The van der Waals surface area contributed by atoms with Gasteiger partial charge in [0.15, 0.2) is 0 Å². The Bertz CT molecular complexity index is 945. The summed E-state index contributed by atoms with van der Waals surface area (Å²) < 4.78 is 10.4. The molecule has 0 aliphatic carbocycles. The van der Waals surface area contributed by atoms with E-state index in [4.69, 9.17) is 9.26 Å². The maximum atomic E-state index is 12.3. The summed E-state index contributed by atoms with van der Waals surface area (Å²) in [6.45, 7) is 2.25. The van der Waals surface area contributed by atoms with Crippen molar-refractivity contribution in [3.63, 3.8) is 0 Å². The summed E-state index contributed by atoms with van der Waals surface area (Å²) in [6, 6.07) is 15.3. The fourth-order valence-electron chi connectivity index (χ4n) is 2.51. The van der Waals surface area contributed by atoms with E-state index < -0.39 is 0 Å². The summed E-state index contributed by atoms with van der Waals surface area (Å²) in [5, 5.41) is 4.00. The zero-order chi connectivity index (χ0) is 19.2. The second-order valence-electron chi connectivity index (χ2n) is 6.18. The molecular formula is C21H21N3O3. The van der Waals surface area contributed by atoms with Gasteiger partial charge in [-0.2, -0.15) is 4.98 Å². The van der Waals surface area contributed by atoms with Gasteiger partial charge < -0.3 is 14.2 Å². The molecule has 0 fully saturated rings. The highest BCUT2D eigenvalue weighted by Crippen LogP contribution is 2.17. The van der Waals surface area contributed by atoms with Crippen LogP contribution in [0.25, 0.3) is 17.5 Å². The smallest absolute Gasteiger partial charge is 0.246 e. The third-order valence-electron chi connectivity index (χ3n) is 4.03. The molecule has 0 spiro atoms. The predicted molar refractivity (Wildman–Crippen MR) is 103 cm³/mol. The molecule has 0 atom stereocenters. The van der Waals surface area contributed by atoms with Crippen LogP contribution in [0.4, 0.5) is 0 Å². The first-order chi connectivity index (χ1) is 13.0. The maximum Gasteiger partial charge on any atom is 0.246 e.